The molecule has 0 aromatic carbocycles. The highest BCUT2D eigenvalue weighted by Gasteiger charge is 2.21. The normalized spacial score (nSPS) is 17.5. The van der Waals surface area contributed by atoms with Gasteiger partial charge >= 0.3 is 0 Å². The molecule has 1 atom stereocenters. The molecule has 2 rings (SSSR count). The van der Waals surface area contributed by atoms with Crippen LogP contribution in [0, 0.1) is 5.92 Å². The first-order valence-electron chi connectivity index (χ1n) is 6.77. The Bertz CT molecular complexity index is 363. The molecule has 1 aliphatic carbocycles. The molecular formula is C13H23ClN4O. The Morgan fingerprint density at radius 3 is 2.84 bits per heavy atom. The van der Waals surface area contributed by atoms with Crippen molar-refractivity contribution in [1.82, 2.24) is 15.3 Å². The number of nitrogens with one attached hydrogen (secondary N) is 2. The molecular weight excluding hydrogens is 264 g/mol. The van der Waals surface area contributed by atoms with Crippen molar-refractivity contribution in [2.45, 2.75) is 51.1 Å². The Morgan fingerprint density at radius 1 is 1.47 bits per heavy atom. The number of nitrogens with zero attached hydrogens (tertiary/aromatic N) is 1. The van der Waals surface area contributed by atoms with Crippen molar-refractivity contribution in [2.24, 2.45) is 11.7 Å². The van der Waals surface area contributed by atoms with Crippen LogP contribution in [0.2, 0.25) is 0 Å². The van der Waals surface area contributed by atoms with Crippen molar-refractivity contribution >= 4 is 18.3 Å². The molecule has 1 unspecified atom stereocenters. The highest BCUT2D eigenvalue weighted by Crippen LogP contribution is 2.26. The molecule has 0 spiro atoms. The van der Waals surface area contributed by atoms with Crippen LogP contribution in [0.25, 0.3) is 0 Å². The number of nitrogens with two attached hydrogens (primary N) is 1. The molecule has 1 fully saturated rings. The fourth-order valence-electron chi connectivity index (χ4n) is 2.59. The van der Waals surface area contributed by atoms with Gasteiger partial charge in [0, 0.05) is 12.4 Å². The summed E-state index contributed by atoms with van der Waals surface area (Å²) in [5.41, 5.74) is 5.94. The number of halogens is 1. The second-order valence-electron chi connectivity index (χ2n) is 5.10. The summed E-state index contributed by atoms with van der Waals surface area (Å²) in [5.74, 6) is 1.31. The van der Waals surface area contributed by atoms with Crippen molar-refractivity contribution in [1.29, 1.82) is 0 Å². The van der Waals surface area contributed by atoms with Crippen molar-refractivity contribution < 1.29 is 4.79 Å². The molecule has 0 radical (unpaired) electrons. The summed E-state index contributed by atoms with van der Waals surface area (Å²) >= 11 is 0. The average molecular weight is 287 g/mol. The Hall–Kier alpha value is -1.07. The van der Waals surface area contributed by atoms with Gasteiger partial charge in [-0.1, -0.05) is 32.1 Å². The predicted octanol–water partition coefficient (Wildman–Crippen LogP) is 1.75. The van der Waals surface area contributed by atoms with E-state index in [1.54, 1.807) is 12.4 Å². The summed E-state index contributed by atoms with van der Waals surface area (Å²) in [4.78, 5) is 18.8. The van der Waals surface area contributed by atoms with Gasteiger partial charge in [0.05, 0.1) is 12.6 Å². The van der Waals surface area contributed by atoms with E-state index in [9.17, 15) is 4.79 Å². The van der Waals surface area contributed by atoms with Gasteiger partial charge in [0.1, 0.15) is 5.82 Å². The lowest BCUT2D eigenvalue weighted by molar-refractivity contribution is -0.123. The number of H-pyrrole nitrogens is 1. The van der Waals surface area contributed by atoms with Crippen LogP contribution in [0.5, 0.6) is 0 Å². The zero-order chi connectivity index (χ0) is 12.8. The Labute approximate surface area is 120 Å². The van der Waals surface area contributed by atoms with Crippen LogP contribution in [-0.4, -0.2) is 21.9 Å². The molecule has 6 heteroatoms. The van der Waals surface area contributed by atoms with Gasteiger partial charge < -0.3 is 16.0 Å². The van der Waals surface area contributed by atoms with Crippen LogP contribution in [-0.2, 0) is 11.3 Å². The van der Waals surface area contributed by atoms with Gasteiger partial charge in [-0.2, -0.15) is 0 Å². The number of imidazole rings is 1. The fraction of sp³-hybridized carbons (Fsp3) is 0.692. The number of aromatic nitrogens is 2. The number of amides is 1. The number of aromatic amines is 1. The van der Waals surface area contributed by atoms with Crippen LogP contribution in [0.1, 0.15) is 44.3 Å². The molecule has 4 N–H and O–H groups in total. The highest BCUT2D eigenvalue weighted by atomic mass is 35.5. The molecule has 108 valence electrons. The largest absolute Gasteiger partial charge is 0.348 e. The third kappa shape index (κ3) is 5.20. The maximum atomic E-state index is 11.8. The monoisotopic (exact) mass is 286 g/mol. The van der Waals surface area contributed by atoms with Gasteiger partial charge in [0.15, 0.2) is 0 Å². The van der Waals surface area contributed by atoms with Crippen molar-refractivity contribution in [3.63, 3.8) is 0 Å². The van der Waals surface area contributed by atoms with Gasteiger partial charge in [-0.05, 0) is 12.3 Å². The quantitative estimate of drug-likeness (QED) is 0.771. The van der Waals surface area contributed by atoms with E-state index in [0.717, 1.165) is 12.2 Å². The molecule has 1 heterocycles. The van der Waals surface area contributed by atoms with E-state index in [1.807, 2.05) is 0 Å². The van der Waals surface area contributed by atoms with E-state index in [-0.39, 0.29) is 24.4 Å². The first-order chi connectivity index (χ1) is 8.75. The lowest BCUT2D eigenvalue weighted by Gasteiger charge is -2.24. The Morgan fingerprint density at radius 2 is 2.21 bits per heavy atom. The predicted molar refractivity (Wildman–Crippen MR) is 76.8 cm³/mol. The molecule has 1 saturated carbocycles. The molecule has 1 aromatic rings. The van der Waals surface area contributed by atoms with E-state index >= 15 is 0 Å². The zero-order valence-corrected chi connectivity index (χ0v) is 11.9. The maximum Gasteiger partial charge on any atom is 0.237 e. The van der Waals surface area contributed by atoms with E-state index in [2.05, 4.69) is 15.3 Å². The van der Waals surface area contributed by atoms with Crippen molar-refractivity contribution in [2.75, 3.05) is 0 Å². The number of carbonyl (C=O) groups is 1. The lowest BCUT2D eigenvalue weighted by Crippen LogP contribution is -2.41. The van der Waals surface area contributed by atoms with Crippen molar-refractivity contribution in [3.8, 4) is 0 Å². The molecule has 1 amide bonds. The summed E-state index contributed by atoms with van der Waals surface area (Å²) in [7, 11) is 0. The summed E-state index contributed by atoms with van der Waals surface area (Å²) in [6.45, 7) is 0.421. The summed E-state index contributed by atoms with van der Waals surface area (Å²) in [6, 6.07) is -0.386. The van der Waals surface area contributed by atoms with Crippen LogP contribution in [0.4, 0.5) is 0 Å². The number of rotatable bonds is 5. The minimum atomic E-state index is -0.386. The van der Waals surface area contributed by atoms with Crippen LogP contribution in [0.15, 0.2) is 12.4 Å². The van der Waals surface area contributed by atoms with E-state index in [4.69, 9.17) is 5.73 Å². The van der Waals surface area contributed by atoms with Gasteiger partial charge in [-0.3, -0.25) is 4.79 Å². The van der Waals surface area contributed by atoms with Crippen molar-refractivity contribution in [3.05, 3.63) is 18.2 Å². The second-order valence-corrected chi connectivity index (χ2v) is 5.10. The minimum Gasteiger partial charge on any atom is -0.348 e. The molecule has 0 aliphatic heterocycles. The van der Waals surface area contributed by atoms with Crippen LogP contribution < -0.4 is 11.1 Å². The SMILES string of the molecule is Cl.NC(CC1CCCCC1)C(=O)NCc1ncc[nH]1. The van der Waals surface area contributed by atoms with E-state index in [1.165, 1.54) is 32.1 Å². The van der Waals surface area contributed by atoms with Gasteiger partial charge in [0.2, 0.25) is 5.91 Å². The summed E-state index contributed by atoms with van der Waals surface area (Å²) < 4.78 is 0. The third-order valence-electron chi connectivity index (χ3n) is 3.63. The second kappa shape index (κ2) is 8.17. The average Bonchev–Trinajstić information content (AvgIpc) is 2.90. The number of carbonyl (C=O) groups excluding carboxylic acids is 1. The smallest absolute Gasteiger partial charge is 0.237 e. The Kier molecular flexibility index (Phi) is 6.87. The highest BCUT2D eigenvalue weighted by molar-refractivity contribution is 5.85. The number of hydrogen-bond acceptors (Lipinski definition) is 3. The zero-order valence-electron chi connectivity index (χ0n) is 11.1. The summed E-state index contributed by atoms with van der Waals surface area (Å²) in [6.07, 6.45) is 10.6. The minimum absolute atomic E-state index is 0. The standard InChI is InChI=1S/C13H22N4O.ClH/c14-11(8-10-4-2-1-3-5-10)13(18)17-9-12-15-6-7-16-12;/h6-7,10-11H,1-5,8-9,14H2,(H,15,16)(H,17,18);1H. The molecule has 0 saturated heterocycles. The molecule has 5 nitrogen and oxygen atoms in total. The third-order valence-corrected chi connectivity index (χ3v) is 3.63. The fourth-order valence-corrected chi connectivity index (χ4v) is 2.59. The first-order valence-corrected chi connectivity index (χ1v) is 6.77. The molecule has 1 aliphatic rings. The van der Waals surface area contributed by atoms with E-state index < -0.39 is 0 Å². The maximum absolute atomic E-state index is 11.8. The van der Waals surface area contributed by atoms with Gasteiger partial charge in [-0.15, -0.1) is 12.4 Å². The van der Waals surface area contributed by atoms with E-state index in [0.29, 0.717) is 12.5 Å². The van der Waals surface area contributed by atoms with Gasteiger partial charge in [0.25, 0.3) is 0 Å². The lowest BCUT2D eigenvalue weighted by atomic mass is 9.85. The number of hydrogen-bond donors (Lipinski definition) is 3. The summed E-state index contributed by atoms with van der Waals surface area (Å²) in [5, 5.41) is 2.82. The molecule has 0 bridgehead atoms. The molecule has 19 heavy (non-hydrogen) atoms. The van der Waals surface area contributed by atoms with Crippen LogP contribution >= 0.6 is 12.4 Å². The topological polar surface area (TPSA) is 83.8 Å². The first kappa shape index (κ1) is 16.0. The Balaban J connectivity index is 0.00000180. The molecule has 1 aromatic heterocycles. The van der Waals surface area contributed by atoms with Gasteiger partial charge in [-0.25, -0.2) is 4.98 Å². The van der Waals surface area contributed by atoms with Crippen LogP contribution in [0.3, 0.4) is 0 Å².